The van der Waals surface area contributed by atoms with E-state index in [1.165, 1.54) is 11.0 Å². The van der Waals surface area contributed by atoms with Crippen molar-refractivity contribution in [2.24, 2.45) is 0 Å². The van der Waals surface area contributed by atoms with E-state index in [-0.39, 0.29) is 18.2 Å². The summed E-state index contributed by atoms with van der Waals surface area (Å²) < 4.78 is 32.4. The predicted octanol–water partition coefficient (Wildman–Crippen LogP) is 5.95. The number of hydrogen-bond donors (Lipinski definition) is 1. The van der Waals surface area contributed by atoms with Crippen molar-refractivity contribution in [1.29, 1.82) is 0 Å². The molecule has 4 rings (SSSR count). The molecule has 1 amide bonds. The molecule has 0 unspecified atom stereocenters. The van der Waals surface area contributed by atoms with Gasteiger partial charge in [0.15, 0.2) is 0 Å². The fraction of sp³-hybridized carbons (Fsp3) is 0.130. The van der Waals surface area contributed by atoms with Crippen LogP contribution >= 0.6 is 22.6 Å². The molecule has 2 aromatic carbocycles. The van der Waals surface area contributed by atoms with Crippen molar-refractivity contribution < 1.29 is 23.1 Å². The number of carbonyl (C=O) groups excluding carboxylic acids is 1. The average Bonchev–Trinajstić information content (AvgIpc) is 3.12. The van der Waals surface area contributed by atoms with Gasteiger partial charge in [-0.15, -0.1) is 0 Å². The number of benzene rings is 2. The summed E-state index contributed by atoms with van der Waals surface area (Å²) in [5.41, 5.74) is 1.57. The molecule has 0 saturated carbocycles. The highest BCUT2D eigenvalue weighted by molar-refractivity contribution is 14.1. The average molecular weight is 547 g/mol. The van der Waals surface area contributed by atoms with Crippen molar-refractivity contribution in [1.82, 2.24) is 9.88 Å². The van der Waals surface area contributed by atoms with Crippen molar-refractivity contribution in [2.75, 3.05) is 19.4 Å². The summed E-state index contributed by atoms with van der Waals surface area (Å²) in [7, 11) is 3.11. The number of fused-ring (bicyclic) bond motifs is 1. The smallest absolute Gasteiger partial charge is 0.417 e. The lowest BCUT2D eigenvalue weighted by Crippen LogP contribution is -2.25. The number of nitrogens with zero attached hydrogens (tertiary/aromatic N) is 2. The third-order valence-corrected chi connectivity index (χ3v) is 5.18. The van der Waals surface area contributed by atoms with Crippen molar-refractivity contribution in [2.45, 2.75) is 6.61 Å². The van der Waals surface area contributed by atoms with Gasteiger partial charge in [-0.3, -0.25) is 4.98 Å². The van der Waals surface area contributed by atoms with Crippen molar-refractivity contribution in [3.05, 3.63) is 75.9 Å². The number of hydrogen-bond acceptors (Lipinski definition) is 6. The Kier molecular flexibility index (Phi) is 6.45. The van der Waals surface area contributed by atoms with Crippen LogP contribution in [0.2, 0.25) is 0 Å². The van der Waals surface area contributed by atoms with Gasteiger partial charge in [0.1, 0.15) is 29.4 Å². The van der Waals surface area contributed by atoms with Gasteiger partial charge in [-0.25, -0.2) is 9.18 Å². The lowest BCUT2D eigenvalue weighted by atomic mass is 10.2. The number of halogens is 2. The quantitative estimate of drug-likeness (QED) is 0.301. The third-order valence-electron chi connectivity index (χ3n) is 4.51. The molecule has 0 spiro atoms. The first kappa shape index (κ1) is 21.9. The monoisotopic (exact) mass is 547 g/mol. The Hall–Kier alpha value is -3.34. The van der Waals surface area contributed by atoms with Crippen LogP contribution in [-0.2, 0) is 6.61 Å². The molecule has 0 radical (unpaired) electrons. The number of carbonyl (C=O) groups is 1. The molecular weight excluding hydrogens is 528 g/mol. The van der Waals surface area contributed by atoms with Crippen molar-refractivity contribution >= 4 is 51.0 Å². The molecule has 164 valence electrons. The maximum absolute atomic E-state index is 14.5. The van der Waals surface area contributed by atoms with Crippen LogP contribution in [0.5, 0.6) is 11.7 Å². The van der Waals surface area contributed by atoms with Crippen LogP contribution in [0.15, 0.2) is 65.3 Å². The molecule has 0 fully saturated rings. The molecule has 0 atom stereocenters. The highest BCUT2D eigenvalue weighted by atomic mass is 127. The Bertz CT molecular complexity index is 1260. The van der Waals surface area contributed by atoms with Crippen molar-refractivity contribution in [3.63, 3.8) is 0 Å². The number of furan rings is 1. The molecule has 9 heteroatoms. The zero-order valence-electron chi connectivity index (χ0n) is 17.3. The van der Waals surface area contributed by atoms with E-state index in [1.54, 1.807) is 38.6 Å². The summed E-state index contributed by atoms with van der Waals surface area (Å²) in [5, 5.41) is 3.51. The van der Waals surface area contributed by atoms with E-state index in [4.69, 9.17) is 13.9 Å². The van der Waals surface area contributed by atoms with Gasteiger partial charge in [-0.05, 0) is 52.9 Å². The highest BCUT2D eigenvalue weighted by Crippen LogP contribution is 2.40. The van der Waals surface area contributed by atoms with Crippen LogP contribution in [0.25, 0.3) is 11.0 Å². The number of nitrogens with one attached hydrogen (secondary N) is 1. The van der Waals surface area contributed by atoms with Crippen LogP contribution in [0, 0.1) is 9.39 Å². The van der Waals surface area contributed by atoms with E-state index in [1.807, 2.05) is 52.9 Å². The van der Waals surface area contributed by atoms with E-state index in [9.17, 15) is 9.18 Å². The van der Waals surface area contributed by atoms with Crippen LogP contribution in [0.3, 0.4) is 0 Å². The first-order valence-electron chi connectivity index (χ1n) is 9.61. The van der Waals surface area contributed by atoms with Crippen molar-refractivity contribution in [3.8, 4) is 11.7 Å². The Labute approximate surface area is 197 Å². The second-order valence-electron chi connectivity index (χ2n) is 7.05. The number of pyridine rings is 1. The summed E-state index contributed by atoms with van der Waals surface area (Å²) in [5.74, 6) is 0.146. The Morgan fingerprint density at radius 2 is 1.97 bits per heavy atom. The first-order chi connectivity index (χ1) is 15.4. The summed E-state index contributed by atoms with van der Waals surface area (Å²) in [4.78, 5) is 17.7. The Morgan fingerprint density at radius 3 is 2.69 bits per heavy atom. The number of anilines is 2. The van der Waals surface area contributed by atoms with Gasteiger partial charge >= 0.3 is 12.0 Å². The van der Waals surface area contributed by atoms with E-state index in [2.05, 4.69) is 10.3 Å². The lowest BCUT2D eigenvalue weighted by molar-refractivity contribution is 0.161. The molecule has 32 heavy (non-hydrogen) atoms. The minimum atomic E-state index is -0.634. The van der Waals surface area contributed by atoms with E-state index in [0.29, 0.717) is 28.0 Å². The van der Waals surface area contributed by atoms with Gasteiger partial charge in [0.05, 0.1) is 16.6 Å². The van der Waals surface area contributed by atoms with Gasteiger partial charge in [-0.1, -0.05) is 18.2 Å². The molecule has 0 aliphatic heterocycles. The van der Waals surface area contributed by atoms with Gasteiger partial charge in [0.25, 0.3) is 0 Å². The van der Waals surface area contributed by atoms with Crippen LogP contribution in [-0.4, -0.2) is 30.1 Å². The zero-order valence-corrected chi connectivity index (χ0v) is 19.4. The molecule has 0 aliphatic carbocycles. The van der Waals surface area contributed by atoms with Gasteiger partial charge in [0.2, 0.25) is 0 Å². The number of aromatic nitrogens is 1. The fourth-order valence-electron chi connectivity index (χ4n) is 2.91. The molecule has 0 saturated heterocycles. The first-order valence-corrected chi connectivity index (χ1v) is 10.7. The number of amides is 1. The van der Waals surface area contributed by atoms with E-state index in [0.717, 1.165) is 3.57 Å². The second-order valence-corrected chi connectivity index (χ2v) is 8.30. The third kappa shape index (κ3) is 4.77. The minimum absolute atomic E-state index is 0.0920. The van der Waals surface area contributed by atoms with E-state index < -0.39 is 11.9 Å². The summed E-state index contributed by atoms with van der Waals surface area (Å²) in [6.07, 6.45) is 2.54. The van der Waals surface area contributed by atoms with Crippen LogP contribution < -0.4 is 14.8 Å². The molecule has 0 bridgehead atoms. The number of rotatable bonds is 6. The topological polar surface area (TPSA) is 76.8 Å². The van der Waals surface area contributed by atoms with Gasteiger partial charge < -0.3 is 24.1 Å². The lowest BCUT2D eigenvalue weighted by Gasteiger charge is -2.11. The summed E-state index contributed by atoms with van der Waals surface area (Å²) in [6.45, 7) is 0.181. The maximum Gasteiger partial charge on any atom is 0.417 e. The highest BCUT2D eigenvalue weighted by Gasteiger charge is 2.23. The molecular formula is C23H19FIN3O4. The normalized spacial score (nSPS) is 10.8. The maximum atomic E-state index is 14.5. The molecule has 2 heterocycles. The van der Waals surface area contributed by atoms with Crippen LogP contribution in [0.1, 0.15) is 5.56 Å². The minimum Gasteiger partial charge on any atom is -0.489 e. The SMILES string of the molecule is CN(C)C(=O)Oc1oc2c(COc3ccccc3)cncc2c1Nc1ccc(I)cc1F. The number of ether oxygens (including phenoxy) is 2. The zero-order chi connectivity index (χ0) is 22.7. The summed E-state index contributed by atoms with van der Waals surface area (Å²) >= 11 is 2.03. The standard InChI is InChI=1S/C23H19FIN3O4/c1-28(2)23(29)32-22-20(27-19-9-8-15(25)10-18(19)24)17-12-26-11-14(21(17)31-22)13-30-16-6-4-3-5-7-16/h3-12,27H,13H2,1-2H3. The van der Waals surface area contributed by atoms with Gasteiger partial charge in [-0.2, -0.15) is 0 Å². The van der Waals surface area contributed by atoms with E-state index >= 15 is 0 Å². The molecule has 4 aromatic rings. The Morgan fingerprint density at radius 1 is 1.19 bits per heavy atom. The van der Waals surface area contributed by atoms with Gasteiger partial charge in [0, 0.05) is 30.1 Å². The largest absolute Gasteiger partial charge is 0.489 e. The second kappa shape index (κ2) is 9.43. The molecule has 7 nitrogen and oxygen atoms in total. The molecule has 2 aromatic heterocycles. The fourth-order valence-corrected chi connectivity index (χ4v) is 3.36. The Balaban J connectivity index is 1.74. The van der Waals surface area contributed by atoms with Crippen LogP contribution in [0.4, 0.5) is 20.6 Å². The predicted molar refractivity (Wildman–Crippen MR) is 127 cm³/mol. The molecule has 1 N–H and O–H groups in total. The number of para-hydroxylation sites is 1. The summed E-state index contributed by atoms with van der Waals surface area (Å²) in [6, 6.07) is 14.1. The molecule has 0 aliphatic rings.